The molecule has 0 saturated carbocycles. The molecular weight excluding hydrogens is 356 g/mol. The second-order valence-corrected chi connectivity index (χ2v) is 7.38. The number of likely N-dealkylation sites (tertiary alicyclic amines) is 1. The van der Waals surface area contributed by atoms with E-state index in [0.29, 0.717) is 31.0 Å². The summed E-state index contributed by atoms with van der Waals surface area (Å²) in [5.74, 6) is 1.21. The van der Waals surface area contributed by atoms with Crippen LogP contribution < -0.4 is 10.4 Å². The van der Waals surface area contributed by atoms with Crippen LogP contribution >= 0.6 is 0 Å². The molecule has 0 N–H and O–H groups in total. The molecular formula is C22H24N2O4. The van der Waals surface area contributed by atoms with Crippen molar-refractivity contribution in [1.29, 1.82) is 0 Å². The van der Waals surface area contributed by atoms with E-state index < -0.39 is 5.63 Å². The summed E-state index contributed by atoms with van der Waals surface area (Å²) in [6.07, 6.45) is 3.96. The maximum absolute atomic E-state index is 12.8. The molecule has 2 aromatic heterocycles. The van der Waals surface area contributed by atoms with Crippen LogP contribution in [0.1, 0.15) is 24.2 Å². The first-order chi connectivity index (χ1) is 13.5. The topological polar surface area (TPSA) is 64.7 Å². The Morgan fingerprint density at radius 2 is 1.96 bits per heavy atom. The molecule has 0 bridgehead atoms. The van der Waals surface area contributed by atoms with Gasteiger partial charge in [-0.3, -0.25) is 4.79 Å². The van der Waals surface area contributed by atoms with E-state index in [1.807, 2.05) is 30.3 Å². The van der Waals surface area contributed by atoms with Gasteiger partial charge in [0.1, 0.15) is 17.6 Å². The number of fused-ring (bicyclic) bond motifs is 1. The Bertz CT molecular complexity index is 1060. The summed E-state index contributed by atoms with van der Waals surface area (Å²) in [4.78, 5) is 26.2. The lowest BCUT2D eigenvalue weighted by molar-refractivity contribution is -0.132. The van der Waals surface area contributed by atoms with Gasteiger partial charge in [0.2, 0.25) is 5.91 Å². The van der Waals surface area contributed by atoms with Crippen LogP contribution in [-0.4, -0.2) is 34.6 Å². The normalized spacial score (nSPS) is 15.1. The van der Waals surface area contributed by atoms with Gasteiger partial charge < -0.3 is 18.6 Å². The Labute approximate surface area is 163 Å². The van der Waals surface area contributed by atoms with Crippen LogP contribution in [0.3, 0.4) is 0 Å². The molecule has 3 heterocycles. The number of ether oxygens (including phenoxy) is 1. The van der Waals surface area contributed by atoms with Crippen LogP contribution in [0.5, 0.6) is 5.75 Å². The maximum Gasteiger partial charge on any atom is 0.339 e. The zero-order valence-electron chi connectivity index (χ0n) is 16.2. The van der Waals surface area contributed by atoms with Crippen molar-refractivity contribution < 1.29 is 13.9 Å². The minimum absolute atomic E-state index is 0.00260. The number of aromatic nitrogens is 1. The lowest BCUT2D eigenvalue weighted by Gasteiger charge is -2.32. The van der Waals surface area contributed by atoms with Crippen LogP contribution in [0.2, 0.25) is 0 Å². The molecule has 28 heavy (non-hydrogen) atoms. The van der Waals surface area contributed by atoms with Crippen molar-refractivity contribution in [3.05, 3.63) is 64.3 Å². The molecule has 146 valence electrons. The summed E-state index contributed by atoms with van der Waals surface area (Å²) in [5.41, 5.74) is 1.80. The van der Waals surface area contributed by atoms with Gasteiger partial charge in [0.25, 0.3) is 0 Å². The molecule has 6 heteroatoms. The van der Waals surface area contributed by atoms with Crippen LogP contribution in [0.4, 0.5) is 0 Å². The zero-order valence-corrected chi connectivity index (χ0v) is 16.2. The van der Waals surface area contributed by atoms with Crippen LogP contribution in [0.25, 0.3) is 10.9 Å². The van der Waals surface area contributed by atoms with Gasteiger partial charge in [-0.2, -0.15) is 0 Å². The molecule has 0 atom stereocenters. The highest BCUT2D eigenvalue weighted by Gasteiger charge is 2.25. The third-order valence-electron chi connectivity index (χ3n) is 5.29. The number of hydrogen-bond donors (Lipinski definition) is 0. The van der Waals surface area contributed by atoms with Gasteiger partial charge in [-0.25, -0.2) is 4.79 Å². The number of amides is 1. The third-order valence-corrected chi connectivity index (χ3v) is 5.29. The molecule has 1 aromatic carbocycles. The molecule has 3 aromatic rings. The number of piperidine rings is 1. The smallest absolute Gasteiger partial charge is 0.339 e. The summed E-state index contributed by atoms with van der Waals surface area (Å²) in [7, 11) is 2.00. The molecule has 0 spiro atoms. The second-order valence-electron chi connectivity index (χ2n) is 7.38. The first kappa shape index (κ1) is 18.3. The average Bonchev–Trinajstić information content (AvgIpc) is 2.97. The molecule has 4 rings (SSSR count). The molecule has 0 unspecified atom stereocenters. The van der Waals surface area contributed by atoms with Gasteiger partial charge in [-0.1, -0.05) is 18.2 Å². The van der Waals surface area contributed by atoms with E-state index in [1.54, 1.807) is 13.0 Å². The van der Waals surface area contributed by atoms with Gasteiger partial charge in [-0.15, -0.1) is 0 Å². The van der Waals surface area contributed by atoms with E-state index in [9.17, 15) is 9.59 Å². The van der Waals surface area contributed by atoms with Crippen molar-refractivity contribution in [2.24, 2.45) is 7.05 Å². The minimum atomic E-state index is -0.405. The lowest BCUT2D eigenvalue weighted by atomic mass is 10.1. The van der Waals surface area contributed by atoms with E-state index in [0.717, 1.165) is 29.3 Å². The molecule has 1 aliphatic heterocycles. The van der Waals surface area contributed by atoms with E-state index in [1.165, 1.54) is 6.07 Å². The highest BCUT2D eigenvalue weighted by molar-refractivity contribution is 5.89. The van der Waals surface area contributed by atoms with Gasteiger partial charge in [0.15, 0.2) is 0 Å². The zero-order chi connectivity index (χ0) is 19.7. The number of aryl methyl sites for hydroxylation is 2. The second kappa shape index (κ2) is 7.54. The molecule has 1 saturated heterocycles. The number of nitrogens with zero attached hydrogens (tertiary/aromatic N) is 2. The number of rotatable bonds is 4. The van der Waals surface area contributed by atoms with Crippen molar-refractivity contribution >= 4 is 16.8 Å². The first-order valence-electron chi connectivity index (χ1n) is 9.59. The first-order valence-corrected chi connectivity index (χ1v) is 9.59. The largest absolute Gasteiger partial charge is 0.490 e. The van der Waals surface area contributed by atoms with E-state index in [4.69, 9.17) is 9.15 Å². The lowest BCUT2D eigenvalue weighted by Crippen LogP contribution is -2.42. The number of carbonyl (C=O) groups is 1. The average molecular weight is 380 g/mol. The SMILES string of the molecule is Cc1cc(OC2CCN(C(=O)Cc3cn(C)c4ccccc34)CC2)cc(=O)o1. The Morgan fingerprint density at radius 1 is 1.21 bits per heavy atom. The Kier molecular flexibility index (Phi) is 4.94. The number of benzene rings is 1. The highest BCUT2D eigenvalue weighted by atomic mass is 16.5. The Balaban J connectivity index is 1.36. The van der Waals surface area contributed by atoms with Crippen molar-refractivity contribution in [3.63, 3.8) is 0 Å². The molecule has 1 aliphatic rings. The fourth-order valence-electron chi connectivity index (χ4n) is 3.90. The van der Waals surface area contributed by atoms with E-state index >= 15 is 0 Å². The minimum Gasteiger partial charge on any atom is -0.490 e. The molecule has 0 radical (unpaired) electrons. The van der Waals surface area contributed by atoms with Crippen molar-refractivity contribution in [1.82, 2.24) is 9.47 Å². The van der Waals surface area contributed by atoms with Gasteiger partial charge in [-0.05, 0) is 18.6 Å². The highest BCUT2D eigenvalue weighted by Crippen LogP contribution is 2.23. The van der Waals surface area contributed by atoms with Gasteiger partial charge in [0.05, 0.1) is 12.5 Å². The van der Waals surface area contributed by atoms with Crippen molar-refractivity contribution in [2.75, 3.05) is 13.1 Å². The summed E-state index contributed by atoms with van der Waals surface area (Å²) in [5, 5.41) is 1.13. The third kappa shape index (κ3) is 3.81. The van der Waals surface area contributed by atoms with E-state index in [2.05, 4.69) is 16.7 Å². The van der Waals surface area contributed by atoms with Crippen LogP contribution in [-0.2, 0) is 18.3 Å². The Hall–Kier alpha value is -3.02. The molecule has 0 aliphatic carbocycles. The maximum atomic E-state index is 12.8. The molecule has 1 fully saturated rings. The quantitative estimate of drug-likeness (QED) is 0.698. The Morgan fingerprint density at radius 3 is 2.71 bits per heavy atom. The van der Waals surface area contributed by atoms with Crippen LogP contribution in [0.15, 0.2) is 51.8 Å². The van der Waals surface area contributed by atoms with E-state index in [-0.39, 0.29) is 12.0 Å². The molecule has 6 nitrogen and oxygen atoms in total. The van der Waals surface area contributed by atoms with Gasteiger partial charge >= 0.3 is 5.63 Å². The van der Waals surface area contributed by atoms with Crippen molar-refractivity contribution in [3.8, 4) is 5.75 Å². The summed E-state index contributed by atoms with van der Waals surface area (Å²) < 4.78 is 12.9. The van der Waals surface area contributed by atoms with Gasteiger partial charge in [0, 0.05) is 56.1 Å². The van der Waals surface area contributed by atoms with Crippen LogP contribution in [0, 0.1) is 6.92 Å². The predicted molar refractivity (Wildman–Crippen MR) is 107 cm³/mol. The molecule has 1 amide bonds. The fourth-order valence-corrected chi connectivity index (χ4v) is 3.90. The summed E-state index contributed by atoms with van der Waals surface area (Å²) >= 11 is 0. The summed E-state index contributed by atoms with van der Waals surface area (Å²) in [6, 6.07) is 11.2. The predicted octanol–water partition coefficient (Wildman–Crippen LogP) is 3.05. The van der Waals surface area contributed by atoms with Crippen molar-refractivity contribution in [2.45, 2.75) is 32.3 Å². The monoisotopic (exact) mass is 380 g/mol. The fraction of sp³-hybridized carbons (Fsp3) is 0.364. The number of carbonyl (C=O) groups excluding carboxylic acids is 1. The summed E-state index contributed by atoms with van der Waals surface area (Å²) in [6.45, 7) is 3.05. The number of hydrogen-bond acceptors (Lipinski definition) is 4. The standard InChI is InChI=1S/C22H24N2O4/c1-15-11-18(13-22(26)27-15)28-17-7-9-24(10-8-17)21(25)12-16-14-23(2)20-6-4-3-5-19(16)20/h3-6,11,13-14,17H,7-10,12H2,1-2H3. The number of para-hydroxylation sites is 1.